The number of unbranched alkanes of at least 4 members (excludes halogenated alkanes) is 3. The molecule has 0 saturated carbocycles. The lowest BCUT2D eigenvalue weighted by Gasteiger charge is -2.22. The molecule has 0 saturated heterocycles. The highest BCUT2D eigenvalue weighted by atomic mass is 17.2. The molecular weight excluding hydrogens is 244 g/mol. The molecule has 1 N–H and O–H groups in total. The summed E-state index contributed by atoms with van der Waals surface area (Å²) in [4.78, 5) is 21.5. The smallest absolute Gasteiger partial charge is 0.345 e. The van der Waals surface area contributed by atoms with Crippen molar-refractivity contribution in [2.24, 2.45) is 5.92 Å². The van der Waals surface area contributed by atoms with E-state index in [1.807, 2.05) is 6.92 Å². The van der Waals surface area contributed by atoms with Crippen LogP contribution in [-0.4, -0.2) is 16.9 Å². The Morgan fingerprint density at radius 3 is 2.32 bits per heavy atom. The topological polar surface area (TPSA) is 55.8 Å². The molecule has 0 fully saturated rings. The fraction of sp³-hybridized carbons (Fsp3) is 0.933. The largest absolute Gasteiger partial charge is 0.363 e. The number of carbonyl (C=O) groups excluding carboxylic acids is 1. The summed E-state index contributed by atoms with van der Waals surface area (Å²) in [5.74, 6) is -1.88. The second kappa shape index (κ2) is 10.2. The molecule has 0 heterocycles. The first-order chi connectivity index (χ1) is 8.96. The van der Waals surface area contributed by atoms with Crippen LogP contribution in [0.25, 0.3) is 0 Å². The van der Waals surface area contributed by atoms with Crippen molar-refractivity contribution >= 4 is 5.97 Å². The molecule has 0 aliphatic heterocycles. The molecule has 0 aliphatic carbocycles. The van der Waals surface area contributed by atoms with Crippen LogP contribution in [0.3, 0.4) is 0 Å². The first-order valence-corrected chi connectivity index (χ1v) is 7.58. The van der Waals surface area contributed by atoms with Gasteiger partial charge in [-0.05, 0) is 26.2 Å². The van der Waals surface area contributed by atoms with E-state index in [9.17, 15) is 9.90 Å². The van der Waals surface area contributed by atoms with E-state index in [4.69, 9.17) is 9.78 Å². The van der Waals surface area contributed by atoms with Crippen molar-refractivity contribution in [3.8, 4) is 0 Å². The lowest BCUT2D eigenvalue weighted by Crippen LogP contribution is -2.31. The van der Waals surface area contributed by atoms with Crippen LogP contribution in [0.15, 0.2) is 0 Å². The maximum absolute atomic E-state index is 11.8. The molecule has 0 amide bonds. The van der Waals surface area contributed by atoms with Crippen molar-refractivity contribution in [3.63, 3.8) is 0 Å². The van der Waals surface area contributed by atoms with Gasteiger partial charge in [-0.15, -0.1) is 0 Å². The molecule has 0 aliphatic rings. The SMILES string of the molecule is CCCCCC(C)(O)OOC(=O)C(CC)CCCC. The molecule has 0 radical (unpaired) electrons. The fourth-order valence-electron chi connectivity index (χ4n) is 1.88. The molecule has 0 aromatic carbocycles. The molecule has 2 atom stereocenters. The lowest BCUT2D eigenvalue weighted by atomic mass is 10.00. The predicted molar refractivity (Wildman–Crippen MR) is 75.2 cm³/mol. The molecule has 0 rings (SSSR count). The molecule has 0 bridgehead atoms. The Balaban J connectivity index is 4.03. The second-order valence-electron chi connectivity index (χ2n) is 5.37. The summed E-state index contributed by atoms with van der Waals surface area (Å²) in [7, 11) is 0. The highest BCUT2D eigenvalue weighted by Gasteiger charge is 2.26. The van der Waals surface area contributed by atoms with Crippen molar-refractivity contribution < 1.29 is 19.7 Å². The van der Waals surface area contributed by atoms with Gasteiger partial charge in [0, 0.05) is 6.42 Å². The zero-order valence-corrected chi connectivity index (χ0v) is 12.9. The highest BCUT2D eigenvalue weighted by Crippen LogP contribution is 2.19. The first-order valence-electron chi connectivity index (χ1n) is 7.58. The van der Waals surface area contributed by atoms with Gasteiger partial charge in [-0.1, -0.05) is 46.5 Å². The summed E-state index contributed by atoms with van der Waals surface area (Å²) in [6.07, 6.45) is 7.04. The maximum Gasteiger partial charge on any atom is 0.345 e. The Morgan fingerprint density at radius 1 is 1.16 bits per heavy atom. The van der Waals surface area contributed by atoms with Gasteiger partial charge in [0.15, 0.2) is 0 Å². The number of aliphatic hydroxyl groups is 1. The van der Waals surface area contributed by atoms with Gasteiger partial charge in [0.05, 0.1) is 5.92 Å². The van der Waals surface area contributed by atoms with Gasteiger partial charge in [-0.2, -0.15) is 4.89 Å². The average molecular weight is 274 g/mol. The molecule has 0 aromatic heterocycles. The van der Waals surface area contributed by atoms with Crippen molar-refractivity contribution in [1.82, 2.24) is 0 Å². The fourth-order valence-corrected chi connectivity index (χ4v) is 1.88. The van der Waals surface area contributed by atoms with Gasteiger partial charge in [0.2, 0.25) is 5.79 Å². The van der Waals surface area contributed by atoms with Crippen LogP contribution in [-0.2, 0) is 14.6 Å². The number of rotatable bonds is 11. The van der Waals surface area contributed by atoms with Crippen molar-refractivity contribution in [2.45, 2.75) is 84.8 Å². The third-order valence-corrected chi connectivity index (χ3v) is 3.28. The van der Waals surface area contributed by atoms with Gasteiger partial charge >= 0.3 is 5.97 Å². The Kier molecular flexibility index (Phi) is 9.88. The minimum absolute atomic E-state index is 0.133. The summed E-state index contributed by atoms with van der Waals surface area (Å²) < 4.78 is 0. The van der Waals surface area contributed by atoms with Crippen LogP contribution in [0.2, 0.25) is 0 Å². The van der Waals surface area contributed by atoms with Crippen molar-refractivity contribution in [2.75, 3.05) is 0 Å². The number of hydrogen-bond acceptors (Lipinski definition) is 4. The highest BCUT2D eigenvalue weighted by molar-refractivity contribution is 5.71. The van der Waals surface area contributed by atoms with E-state index in [2.05, 4.69) is 13.8 Å². The van der Waals surface area contributed by atoms with Crippen LogP contribution in [0, 0.1) is 5.92 Å². The zero-order valence-electron chi connectivity index (χ0n) is 12.9. The summed E-state index contributed by atoms with van der Waals surface area (Å²) >= 11 is 0. The molecule has 19 heavy (non-hydrogen) atoms. The van der Waals surface area contributed by atoms with E-state index in [-0.39, 0.29) is 11.9 Å². The average Bonchev–Trinajstić information content (AvgIpc) is 2.37. The van der Waals surface area contributed by atoms with E-state index in [1.165, 1.54) is 6.92 Å². The number of hydrogen-bond donors (Lipinski definition) is 1. The Hall–Kier alpha value is -0.610. The van der Waals surface area contributed by atoms with Gasteiger partial charge in [-0.3, -0.25) is 4.89 Å². The third-order valence-electron chi connectivity index (χ3n) is 3.28. The molecule has 4 heteroatoms. The molecule has 114 valence electrons. The third kappa shape index (κ3) is 9.00. The zero-order chi connectivity index (χ0) is 14.7. The van der Waals surface area contributed by atoms with Crippen LogP contribution in [0.1, 0.15) is 79.1 Å². The Morgan fingerprint density at radius 2 is 1.79 bits per heavy atom. The molecule has 2 unspecified atom stereocenters. The van der Waals surface area contributed by atoms with Gasteiger partial charge in [-0.25, -0.2) is 4.79 Å². The van der Waals surface area contributed by atoms with Gasteiger partial charge < -0.3 is 5.11 Å². The molecular formula is C15H30O4. The minimum Gasteiger partial charge on any atom is -0.363 e. The Labute approximate surface area is 117 Å². The van der Waals surface area contributed by atoms with Crippen LogP contribution < -0.4 is 0 Å². The van der Waals surface area contributed by atoms with Crippen molar-refractivity contribution in [1.29, 1.82) is 0 Å². The summed E-state index contributed by atoms with van der Waals surface area (Å²) in [5.41, 5.74) is 0. The van der Waals surface area contributed by atoms with Crippen LogP contribution >= 0.6 is 0 Å². The standard InChI is InChI=1S/C15H30O4/c1-5-8-10-12-15(4,17)19-18-14(16)13(7-3)11-9-6-2/h13,17H,5-12H2,1-4H3. The summed E-state index contributed by atoms with van der Waals surface area (Å²) in [6, 6.07) is 0. The second-order valence-corrected chi connectivity index (χ2v) is 5.37. The molecule has 0 spiro atoms. The van der Waals surface area contributed by atoms with Crippen molar-refractivity contribution in [3.05, 3.63) is 0 Å². The molecule has 4 nitrogen and oxygen atoms in total. The van der Waals surface area contributed by atoms with Crippen LogP contribution in [0.4, 0.5) is 0 Å². The summed E-state index contributed by atoms with van der Waals surface area (Å²) in [6.45, 7) is 7.67. The predicted octanol–water partition coefficient (Wildman–Crippen LogP) is 3.97. The van der Waals surface area contributed by atoms with E-state index in [0.29, 0.717) is 6.42 Å². The summed E-state index contributed by atoms with van der Waals surface area (Å²) in [5, 5.41) is 9.92. The van der Waals surface area contributed by atoms with E-state index >= 15 is 0 Å². The van der Waals surface area contributed by atoms with E-state index < -0.39 is 5.79 Å². The van der Waals surface area contributed by atoms with E-state index in [0.717, 1.165) is 44.9 Å². The first kappa shape index (κ1) is 18.4. The van der Waals surface area contributed by atoms with Gasteiger partial charge in [0.25, 0.3) is 0 Å². The maximum atomic E-state index is 11.8. The minimum atomic E-state index is -1.38. The monoisotopic (exact) mass is 274 g/mol. The quantitative estimate of drug-likeness (QED) is 0.268. The normalized spacial score (nSPS) is 15.8. The van der Waals surface area contributed by atoms with E-state index in [1.54, 1.807) is 0 Å². The molecule has 0 aromatic rings. The van der Waals surface area contributed by atoms with Gasteiger partial charge in [0.1, 0.15) is 0 Å². The van der Waals surface area contributed by atoms with Crippen LogP contribution in [0.5, 0.6) is 0 Å². The lowest BCUT2D eigenvalue weighted by molar-refractivity contribution is -0.391. The Bertz CT molecular complexity index is 238. The number of carbonyl (C=O) groups is 1.